The zero-order chi connectivity index (χ0) is 40.1. The van der Waals surface area contributed by atoms with E-state index in [0.29, 0.717) is 35.8 Å². The number of nitrogens with zero attached hydrogens (tertiary/aromatic N) is 6. The molecule has 1 aliphatic carbocycles. The van der Waals surface area contributed by atoms with Crippen LogP contribution in [-0.4, -0.2) is 108 Å². The van der Waals surface area contributed by atoms with Crippen molar-refractivity contribution < 1.29 is 23.9 Å². The monoisotopic (exact) mass is 787 g/mol. The molecule has 2 aromatic heterocycles. The number of rotatable bonds is 11. The highest BCUT2D eigenvalue weighted by Crippen LogP contribution is 2.42. The lowest BCUT2D eigenvalue weighted by atomic mass is 9.92. The van der Waals surface area contributed by atoms with Gasteiger partial charge in [0.25, 0.3) is 11.5 Å². The number of imide groups is 1. The second-order valence-corrected chi connectivity index (χ2v) is 16.8. The van der Waals surface area contributed by atoms with E-state index in [4.69, 9.17) is 9.47 Å². The first-order valence-electron chi connectivity index (χ1n) is 20.9. The van der Waals surface area contributed by atoms with Crippen LogP contribution in [0.5, 0.6) is 11.5 Å². The lowest BCUT2D eigenvalue weighted by Crippen LogP contribution is -2.52. The molecule has 1 saturated carbocycles. The number of fused-ring (bicyclic) bond motifs is 2. The number of anilines is 1. The van der Waals surface area contributed by atoms with Crippen LogP contribution in [-0.2, 0) is 29.7 Å². The summed E-state index contributed by atoms with van der Waals surface area (Å²) in [5.74, 6) is 1.96. The Hall–Kier alpha value is -5.27. The van der Waals surface area contributed by atoms with E-state index in [1.165, 1.54) is 6.42 Å². The number of likely N-dealkylation sites (tertiary alicyclic amines) is 1. The van der Waals surface area contributed by atoms with Crippen LogP contribution < -0.4 is 25.2 Å². The lowest BCUT2D eigenvalue weighted by molar-refractivity contribution is -0.136. The molecule has 304 valence electrons. The molecule has 4 aliphatic heterocycles. The van der Waals surface area contributed by atoms with Crippen molar-refractivity contribution in [3.8, 4) is 22.6 Å². The predicted octanol–water partition coefficient (Wildman–Crippen LogP) is 4.68. The fourth-order valence-electron chi connectivity index (χ4n) is 9.50. The SMILES string of the molecule is COc1cc(-c2cn(C)c(=O)c3cnc(C4CC4)cc23)cc(OC)c1CN1CCC(CCN2CCN(c3ccc4c(c3)C(=O)N(C3CCC(=O)NC3=O)C4)CC2)CC1. The van der Waals surface area contributed by atoms with Crippen molar-refractivity contribution in [1.82, 2.24) is 29.6 Å². The molecule has 3 amide bonds. The maximum Gasteiger partial charge on any atom is 0.259 e. The maximum absolute atomic E-state index is 13.4. The van der Waals surface area contributed by atoms with E-state index in [0.717, 1.165) is 129 Å². The molecule has 13 nitrogen and oxygen atoms in total. The molecule has 4 aromatic rings. The van der Waals surface area contributed by atoms with Crippen molar-refractivity contribution in [2.75, 3.05) is 64.9 Å². The molecule has 1 unspecified atom stereocenters. The number of carbonyl (C=O) groups excluding carboxylic acids is 3. The van der Waals surface area contributed by atoms with Crippen LogP contribution in [0.1, 0.15) is 78.0 Å². The van der Waals surface area contributed by atoms with Gasteiger partial charge in [0.2, 0.25) is 11.8 Å². The van der Waals surface area contributed by atoms with Gasteiger partial charge in [-0.2, -0.15) is 0 Å². The van der Waals surface area contributed by atoms with Crippen molar-refractivity contribution in [1.29, 1.82) is 0 Å². The van der Waals surface area contributed by atoms with E-state index in [-0.39, 0.29) is 29.7 Å². The summed E-state index contributed by atoms with van der Waals surface area (Å²) in [5.41, 5.74) is 6.61. The van der Waals surface area contributed by atoms with Gasteiger partial charge in [0, 0.05) is 93.6 Å². The number of ether oxygens (including phenoxy) is 2. The van der Waals surface area contributed by atoms with Gasteiger partial charge in [-0.25, -0.2) is 0 Å². The molecule has 1 N–H and O–H groups in total. The zero-order valence-electron chi connectivity index (χ0n) is 33.8. The van der Waals surface area contributed by atoms with E-state index in [1.54, 1.807) is 36.9 Å². The number of benzene rings is 2. The Morgan fingerprint density at radius 1 is 0.810 bits per heavy atom. The third-order valence-corrected chi connectivity index (χ3v) is 13.2. The number of aromatic nitrogens is 2. The van der Waals surface area contributed by atoms with E-state index >= 15 is 0 Å². The highest BCUT2D eigenvalue weighted by atomic mass is 16.5. The summed E-state index contributed by atoms with van der Waals surface area (Å²) in [6, 6.07) is 11.8. The third-order valence-electron chi connectivity index (χ3n) is 13.2. The molecular formula is C45H53N7O6. The largest absolute Gasteiger partial charge is 0.496 e. The fourth-order valence-corrected chi connectivity index (χ4v) is 9.50. The van der Waals surface area contributed by atoms with Gasteiger partial charge in [-0.05, 0) is 111 Å². The topological polar surface area (TPSA) is 130 Å². The molecule has 3 saturated heterocycles. The van der Waals surface area contributed by atoms with Gasteiger partial charge in [0.1, 0.15) is 17.5 Å². The smallest absolute Gasteiger partial charge is 0.259 e. The van der Waals surface area contributed by atoms with Gasteiger partial charge in [0.15, 0.2) is 0 Å². The van der Waals surface area contributed by atoms with Crippen LogP contribution in [0.2, 0.25) is 0 Å². The number of aryl methyl sites for hydroxylation is 1. The van der Waals surface area contributed by atoms with Crippen molar-refractivity contribution >= 4 is 34.2 Å². The molecule has 0 radical (unpaired) electrons. The molecule has 2 aromatic carbocycles. The summed E-state index contributed by atoms with van der Waals surface area (Å²) >= 11 is 0. The Morgan fingerprint density at radius 2 is 1.55 bits per heavy atom. The molecule has 58 heavy (non-hydrogen) atoms. The van der Waals surface area contributed by atoms with Gasteiger partial charge in [0.05, 0.1) is 25.2 Å². The highest BCUT2D eigenvalue weighted by molar-refractivity contribution is 6.05. The summed E-state index contributed by atoms with van der Waals surface area (Å²) in [5, 5.41) is 3.92. The van der Waals surface area contributed by atoms with Gasteiger partial charge >= 0.3 is 0 Å². The minimum absolute atomic E-state index is 0.0515. The minimum atomic E-state index is -0.595. The zero-order valence-corrected chi connectivity index (χ0v) is 33.8. The van der Waals surface area contributed by atoms with Crippen molar-refractivity contribution in [2.45, 2.75) is 70.0 Å². The molecule has 13 heteroatoms. The quantitative estimate of drug-likeness (QED) is 0.214. The number of piperazine rings is 1. The van der Waals surface area contributed by atoms with Gasteiger partial charge < -0.3 is 23.8 Å². The Morgan fingerprint density at radius 3 is 2.24 bits per heavy atom. The van der Waals surface area contributed by atoms with Crippen LogP contribution in [0.15, 0.2) is 53.6 Å². The van der Waals surface area contributed by atoms with Crippen LogP contribution >= 0.6 is 0 Å². The number of methoxy groups -OCH3 is 2. The molecule has 4 fully saturated rings. The maximum atomic E-state index is 13.4. The molecule has 6 heterocycles. The summed E-state index contributed by atoms with van der Waals surface area (Å²) in [4.78, 5) is 64.2. The van der Waals surface area contributed by atoms with Crippen molar-refractivity contribution in [3.63, 3.8) is 0 Å². The number of nitrogens with one attached hydrogen (secondary N) is 1. The Labute approximate surface area is 338 Å². The van der Waals surface area contributed by atoms with E-state index in [9.17, 15) is 19.2 Å². The van der Waals surface area contributed by atoms with E-state index in [1.807, 2.05) is 18.3 Å². The first kappa shape index (κ1) is 38.3. The van der Waals surface area contributed by atoms with Crippen molar-refractivity contribution in [2.24, 2.45) is 13.0 Å². The average Bonchev–Trinajstić information content (AvgIpc) is 4.05. The second-order valence-electron chi connectivity index (χ2n) is 16.8. The summed E-state index contributed by atoms with van der Waals surface area (Å²) < 4.78 is 13.7. The number of pyridine rings is 2. The average molecular weight is 788 g/mol. The van der Waals surface area contributed by atoms with Crippen molar-refractivity contribution in [3.05, 3.63) is 81.5 Å². The summed E-state index contributed by atoms with van der Waals surface area (Å²) in [7, 11) is 5.22. The Balaban J connectivity index is 0.780. The van der Waals surface area contributed by atoms with Crippen LogP contribution in [0.4, 0.5) is 5.69 Å². The fraction of sp³-hybridized carbons (Fsp3) is 0.489. The standard InChI is InChI=1S/C45H53N7O6/c1-48-26-36(34-23-38(29-4-5-29)46-24-35(34)44(48)55)31-20-40(57-2)37(41(21-31)58-3)27-50-14-11-28(12-15-50)10-13-49-16-18-51(19-17-49)32-7-6-30-25-52(45(56)33(30)22-32)39-8-9-42(53)47-43(39)54/h6-7,20-24,26,28-29,39H,4-5,8-19,25,27H2,1-3H3,(H,47,53,54). The molecule has 5 aliphatic rings. The molecule has 0 bridgehead atoms. The van der Waals surface area contributed by atoms with Crippen LogP contribution in [0, 0.1) is 5.92 Å². The lowest BCUT2D eigenvalue weighted by Gasteiger charge is -2.38. The number of piperidine rings is 2. The van der Waals surface area contributed by atoms with Crippen LogP contribution in [0.3, 0.4) is 0 Å². The highest BCUT2D eigenvalue weighted by Gasteiger charge is 2.39. The Kier molecular flexibility index (Phi) is 10.4. The molecule has 0 spiro atoms. The third kappa shape index (κ3) is 7.45. The summed E-state index contributed by atoms with van der Waals surface area (Å²) in [6.07, 6.45) is 10.1. The number of carbonyl (C=O) groups is 3. The first-order chi connectivity index (χ1) is 28.2. The van der Waals surface area contributed by atoms with Gasteiger partial charge in [-0.15, -0.1) is 0 Å². The van der Waals surface area contributed by atoms with Gasteiger partial charge in [-0.3, -0.25) is 39.3 Å². The van der Waals surface area contributed by atoms with Crippen LogP contribution in [0.25, 0.3) is 21.9 Å². The second kappa shape index (κ2) is 15.8. The molecular weight excluding hydrogens is 735 g/mol. The van der Waals surface area contributed by atoms with Gasteiger partial charge in [-0.1, -0.05) is 6.07 Å². The molecule has 1 atom stereocenters. The van der Waals surface area contributed by atoms with E-state index in [2.05, 4.69) is 49.3 Å². The Bertz CT molecular complexity index is 2300. The number of hydrogen-bond acceptors (Lipinski definition) is 10. The molecule has 9 rings (SSSR count). The first-order valence-corrected chi connectivity index (χ1v) is 20.9. The minimum Gasteiger partial charge on any atom is -0.496 e. The van der Waals surface area contributed by atoms with E-state index < -0.39 is 6.04 Å². The normalized spacial score (nSPS) is 20.8. The predicted molar refractivity (Wildman–Crippen MR) is 221 cm³/mol. The number of hydrogen-bond donors (Lipinski definition) is 1. The number of amides is 3. The summed E-state index contributed by atoms with van der Waals surface area (Å²) in [6.45, 7) is 8.05.